The van der Waals surface area contributed by atoms with E-state index in [0.717, 1.165) is 38.6 Å². The van der Waals surface area contributed by atoms with Crippen molar-refractivity contribution in [3.05, 3.63) is 65.5 Å². The van der Waals surface area contributed by atoms with E-state index in [-0.39, 0.29) is 6.10 Å². The van der Waals surface area contributed by atoms with Gasteiger partial charge in [-0.3, -0.25) is 9.58 Å². The summed E-state index contributed by atoms with van der Waals surface area (Å²) in [5.74, 6) is 0.736. The maximum absolute atomic E-state index is 6.13. The monoisotopic (exact) mass is 361 g/mol. The molecule has 4 heteroatoms. The van der Waals surface area contributed by atoms with Gasteiger partial charge in [0.1, 0.15) is 0 Å². The molecule has 27 heavy (non-hydrogen) atoms. The lowest BCUT2D eigenvalue weighted by atomic mass is 9.99. The molecule has 3 aromatic rings. The summed E-state index contributed by atoms with van der Waals surface area (Å²) in [6.45, 7) is 3.80. The zero-order valence-corrected chi connectivity index (χ0v) is 16.0. The minimum Gasteiger partial charge on any atom is -0.375 e. The molecule has 1 saturated heterocycles. The van der Waals surface area contributed by atoms with Crippen LogP contribution in [0.2, 0.25) is 0 Å². The highest BCUT2D eigenvalue weighted by molar-refractivity contribution is 5.85. The van der Waals surface area contributed by atoms with E-state index in [4.69, 9.17) is 4.74 Å². The van der Waals surface area contributed by atoms with Gasteiger partial charge in [0, 0.05) is 50.3 Å². The van der Waals surface area contributed by atoms with E-state index in [9.17, 15) is 0 Å². The van der Waals surface area contributed by atoms with Crippen molar-refractivity contribution >= 4 is 10.8 Å². The molecule has 2 heterocycles. The van der Waals surface area contributed by atoms with E-state index < -0.39 is 0 Å². The van der Waals surface area contributed by atoms with Crippen LogP contribution in [0.5, 0.6) is 0 Å². The minimum atomic E-state index is 0.255. The summed E-state index contributed by atoms with van der Waals surface area (Å²) in [4.78, 5) is 2.54. The van der Waals surface area contributed by atoms with Gasteiger partial charge in [-0.05, 0) is 29.2 Å². The SMILES string of the molecule is Cn1ncc(CN2CCOC(Cc3cccc4ccccc34)C2)c1C1CC1. The van der Waals surface area contributed by atoms with Crippen LogP contribution >= 0.6 is 0 Å². The Morgan fingerprint density at radius 3 is 2.81 bits per heavy atom. The van der Waals surface area contributed by atoms with Crippen LogP contribution in [-0.2, 0) is 24.8 Å². The molecule has 1 aliphatic heterocycles. The lowest BCUT2D eigenvalue weighted by Crippen LogP contribution is -2.43. The Hall–Kier alpha value is -2.17. The minimum absolute atomic E-state index is 0.255. The molecule has 0 radical (unpaired) electrons. The Morgan fingerprint density at radius 1 is 1.07 bits per heavy atom. The van der Waals surface area contributed by atoms with Crippen molar-refractivity contribution in [2.75, 3.05) is 19.7 Å². The molecule has 1 saturated carbocycles. The van der Waals surface area contributed by atoms with Crippen molar-refractivity contribution in [1.82, 2.24) is 14.7 Å². The Morgan fingerprint density at radius 2 is 1.93 bits per heavy atom. The standard InChI is InChI=1S/C23H27N3O/c1-25-23(18-9-10-18)20(14-24-25)15-26-11-12-27-21(16-26)13-19-7-4-6-17-5-2-3-8-22(17)19/h2-8,14,18,21H,9-13,15-16H2,1H3. The Labute approximate surface area is 160 Å². The first kappa shape index (κ1) is 17.0. The van der Waals surface area contributed by atoms with Crippen molar-refractivity contribution in [3.8, 4) is 0 Å². The van der Waals surface area contributed by atoms with Gasteiger partial charge in [-0.1, -0.05) is 42.5 Å². The number of hydrogen-bond donors (Lipinski definition) is 0. The van der Waals surface area contributed by atoms with Crippen LogP contribution in [-0.4, -0.2) is 40.5 Å². The summed E-state index contributed by atoms with van der Waals surface area (Å²) in [5.41, 5.74) is 4.25. The fourth-order valence-corrected chi connectivity index (χ4v) is 4.50. The van der Waals surface area contributed by atoms with Crippen molar-refractivity contribution in [1.29, 1.82) is 0 Å². The van der Waals surface area contributed by atoms with Gasteiger partial charge in [-0.15, -0.1) is 0 Å². The van der Waals surface area contributed by atoms with Gasteiger partial charge < -0.3 is 4.74 Å². The van der Waals surface area contributed by atoms with Crippen LogP contribution in [0.15, 0.2) is 48.7 Å². The van der Waals surface area contributed by atoms with E-state index in [1.807, 2.05) is 0 Å². The van der Waals surface area contributed by atoms with Gasteiger partial charge >= 0.3 is 0 Å². The second-order valence-electron chi connectivity index (χ2n) is 8.02. The summed E-state index contributed by atoms with van der Waals surface area (Å²) >= 11 is 0. The van der Waals surface area contributed by atoms with Crippen molar-refractivity contribution in [2.24, 2.45) is 7.05 Å². The predicted molar refractivity (Wildman–Crippen MR) is 108 cm³/mol. The largest absolute Gasteiger partial charge is 0.375 e. The molecule has 0 spiro atoms. The Bertz CT molecular complexity index is 938. The number of ether oxygens (including phenoxy) is 1. The molecule has 1 aliphatic carbocycles. The van der Waals surface area contributed by atoms with Gasteiger partial charge in [0.05, 0.1) is 18.9 Å². The van der Waals surface area contributed by atoms with Gasteiger partial charge in [0.15, 0.2) is 0 Å². The second kappa shape index (κ2) is 7.10. The van der Waals surface area contributed by atoms with Gasteiger partial charge in [-0.2, -0.15) is 5.10 Å². The molecule has 2 aromatic carbocycles. The maximum atomic E-state index is 6.13. The fraction of sp³-hybridized carbons (Fsp3) is 0.435. The molecular formula is C23H27N3O. The quantitative estimate of drug-likeness (QED) is 0.691. The van der Waals surface area contributed by atoms with E-state index in [0.29, 0.717) is 0 Å². The third kappa shape index (κ3) is 3.52. The number of nitrogens with zero attached hydrogens (tertiary/aromatic N) is 3. The molecule has 4 nitrogen and oxygen atoms in total. The molecule has 0 bridgehead atoms. The van der Waals surface area contributed by atoms with Crippen LogP contribution < -0.4 is 0 Å². The lowest BCUT2D eigenvalue weighted by Gasteiger charge is -2.33. The van der Waals surface area contributed by atoms with E-state index in [1.165, 1.54) is 40.4 Å². The number of hydrogen-bond acceptors (Lipinski definition) is 3. The number of aryl methyl sites for hydroxylation is 1. The summed E-state index contributed by atoms with van der Waals surface area (Å²) < 4.78 is 8.22. The van der Waals surface area contributed by atoms with Crippen LogP contribution in [0.4, 0.5) is 0 Å². The average Bonchev–Trinajstić information content (AvgIpc) is 3.46. The smallest absolute Gasteiger partial charge is 0.0743 e. The third-order valence-corrected chi connectivity index (χ3v) is 5.97. The topological polar surface area (TPSA) is 30.3 Å². The van der Waals surface area contributed by atoms with E-state index in [1.54, 1.807) is 0 Å². The molecule has 0 N–H and O–H groups in total. The van der Waals surface area contributed by atoms with Crippen LogP contribution in [0.1, 0.15) is 35.6 Å². The van der Waals surface area contributed by atoms with Crippen LogP contribution in [0.3, 0.4) is 0 Å². The molecule has 1 aromatic heterocycles. The highest BCUT2D eigenvalue weighted by Gasteiger charge is 2.30. The molecule has 2 aliphatic rings. The summed E-state index contributed by atoms with van der Waals surface area (Å²) in [6, 6.07) is 15.2. The van der Waals surface area contributed by atoms with Gasteiger partial charge in [0.25, 0.3) is 0 Å². The average molecular weight is 361 g/mol. The third-order valence-electron chi connectivity index (χ3n) is 5.97. The number of fused-ring (bicyclic) bond motifs is 1. The van der Waals surface area contributed by atoms with E-state index in [2.05, 4.69) is 70.4 Å². The molecule has 1 unspecified atom stereocenters. The molecular weight excluding hydrogens is 334 g/mol. The van der Waals surface area contributed by atoms with Crippen molar-refractivity contribution in [3.63, 3.8) is 0 Å². The maximum Gasteiger partial charge on any atom is 0.0743 e. The highest BCUT2D eigenvalue weighted by atomic mass is 16.5. The number of aromatic nitrogens is 2. The van der Waals surface area contributed by atoms with E-state index >= 15 is 0 Å². The molecule has 140 valence electrons. The zero-order valence-electron chi connectivity index (χ0n) is 16.0. The number of morpholine rings is 1. The van der Waals surface area contributed by atoms with Gasteiger partial charge in [0.2, 0.25) is 0 Å². The van der Waals surface area contributed by atoms with Crippen molar-refractivity contribution < 1.29 is 4.74 Å². The first-order chi connectivity index (χ1) is 13.3. The predicted octanol–water partition coefficient (Wildman–Crippen LogP) is 3.89. The highest BCUT2D eigenvalue weighted by Crippen LogP contribution is 2.41. The number of benzene rings is 2. The molecule has 0 amide bonds. The summed E-state index contributed by atoms with van der Waals surface area (Å²) in [7, 11) is 2.08. The zero-order chi connectivity index (χ0) is 18.2. The van der Waals surface area contributed by atoms with Crippen molar-refractivity contribution in [2.45, 2.75) is 37.8 Å². The van der Waals surface area contributed by atoms with Gasteiger partial charge in [-0.25, -0.2) is 0 Å². The first-order valence-corrected chi connectivity index (χ1v) is 10.1. The normalized spacial score (nSPS) is 21.0. The molecule has 5 rings (SSSR count). The lowest BCUT2D eigenvalue weighted by molar-refractivity contribution is -0.0304. The second-order valence-corrected chi connectivity index (χ2v) is 8.02. The number of rotatable bonds is 5. The molecule has 2 fully saturated rings. The van der Waals surface area contributed by atoms with Crippen LogP contribution in [0.25, 0.3) is 10.8 Å². The first-order valence-electron chi connectivity index (χ1n) is 10.1. The van der Waals surface area contributed by atoms with Crippen LogP contribution in [0, 0.1) is 0 Å². The Balaban J connectivity index is 1.30. The summed E-state index contributed by atoms with van der Waals surface area (Å²) in [6.07, 6.45) is 5.94. The summed E-state index contributed by atoms with van der Waals surface area (Å²) in [5, 5.41) is 7.19. The fourth-order valence-electron chi connectivity index (χ4n) is 4.50. The molecule has 1 atom stereocenters. The Kier molecular flexibility index (Phi) is 4.46.